The number of carboxylic acids is 1. The molecule has 1 aliphatic carbocycles. The molecule has 1 aliphatic rings. The molecule has 0 aliphatic heterocycles. The van der Waals surface area contributed by atoms with Gasteiger partial charge in [-0.3, -0.25) is 14.5 Å². The van der Waals surface area contributed by atoms with Gasteiger partial charge in [0.25, 0.3) is 0 Å². The van der Waals surface area contributed by atoms with Crippen LogP contribution in [0.15, 0.2) is 0 Å². The summed E-state index contributed by atoms with van der Waals surface area (Å²) in [5.74, 6) is -0.675. The average Bonchev–Trinajstić information content (AvgIpc) is 3.00. The molecule has 1 N–H and O–H groups in total. The van der Waals surface area contributed by atoms with E-state index in [2.05, 4.69) is 4.90 Å². The standard InChI is InChI=1S/C11H20N2O3/c1-12(2)10(14)5-7-13(9-3-4-9)8-6-11(15)16/h9H,3-8H2,1-2H3,(H,15,16). The molecule has 0 saturated heterocycles. The monoisotopic (exact) mass is 228 g/mol. The van der Waals surface area contributed by atoms with E-state index in [1.165, 1.54) is 0 Å². The van der Waals surface area contributed by atoms with Crippen molar-refractivity contribution in [1.29, 1.82) is 0 Å². The summed E-state index contributed by atoms with van der Waals surface area (Å²) in [7, 11) is 3.47. The summed E-state index contributed by atoms with van der Waals surface area (Å²) in [5, 5.41) is 8.63. The second-order valence-electron chi connectivity index (χ2n) is 4.45. The van der Waals surface area contributed by atoms with Crippen molar-refractivity contribution in [2.75, 3.05) is 27.2 Å². The molecular formula is C11H20N2O3. The minimum Gasteiger partial charge on any atom is -0.481 e. The van der Waals surface area contributed by atoms with Gasteiger partial charge >= 0.3 is 5.97 Å². The van der Waals surface area contributed by atoms with Crippen LogP contribution in [0.1, 0.15) is 25.7 Å². The van der Waals surface area contributed by atoms with Crippen molar-refractivity contribution < 1.29 is 14.7 Å². The van der Waals surface area contributed by atoms with Gasteiger partial charge in [-0.05, 0) is 12.8 Å². The third-order valence-corrected chi connectivity index (χ3v) is 2.79. The Labute approximate surface area is 96.0 Å². The highest BCUT2D eigenvalue weighted by Gasteiger charge is 2.29. The lowest BCUT2D eigenvalue weighted by Gasteiger charge is -2.21. The molecule has 0 radical (unpaired) electrons. The zero-order chi connectivity index (χ0) is 12.1. The van der Waals surface area contributed by atoms with Crippen LogP contribution >= 0.6 is 0 Å². The minimum atomic E-state index is -0.774. The van der Waals surface area contributed by atoms with Crippen molar-refractivity contribution >= 4 is 11.9 Å². The van der Waals surface area contributed by atoms with E-state index in [0.29, 0.717) is 25.6 Å². The first-order valence-electron chi connectivity index (χ1n) is 5.66. The Kier molecular flexibility index (Phi) is 4.73. The van der Waals surface area contributed by atoms with Gasteiger partial charge in [-0.2, -0.15) is 0 Å². The lowest BCUT2D eigenvalue weighted by Crippen LogP contribution is -2.33. The molecule has 0 unspecified atom stereocenters. The Hall–Kier alpha value is -1.10. The number of nitrogens with zero attached hydrogens (tertiary/aromatic N) is 2. The number of aliphatic carboxylic acids is 1. The summed E-state index contributed by atoms with van der Waals surface area (Å²) in [6.45, 7) is 1.23. The number of hydrogen-bond donors (Lipinski definition) is 1. The molecule has 16 heavy (non-hydrogen) atoms. The summed E-state index contributed by atoms with van der Waals surface area (Å²) in [6.07, 6.45) is 2.90. The van der Waals surface area contributed by atoms with Gasteiger partial charge in [0.05, 0.1) is 6.42 Å². The van der Waals surface area contributed by atoms with E-state index in [0.717, 1.165) is 12.8 Å². The molecule has 0 aromatic carbocycles. The van der Waals surface area contributed by atoms with Crippen LogP contribution in [0.25, 0.3) is 0 Å². The molecule has 0 aromatic rings. The third-order valence-electron chi connectivity index (χ3n) is 2.79. The summed E-state index contributed by atoms with van der Waals surface area (Å²) < 4.78 is 0. The zero-order valence-electron chi connectivity index (χ0n) is 9.98. The number of carbonyl (C=O) groups is 2. The predicted molar refractivity (Wildman–Crippen MR) is 60.2 cm³/mol. The van der Waals surface area contributed by atoms with E-state index in [1.807, 2.05) is 0 Å². The van der Waals surface area contributed by atoms with E-state index in [1.54, 1.807) is 19.0 Å². The lowest BCUT2D eigenvalue weighted by molar-refractivity contribution is -0.137. The number of rotatable bonds is 7. The fraction of sp³-hybridized carbons (Fsp3) is 0.818. The summed E-state index contributed by atoms with van der Waals surface area (Å²) in [5.41, 5.74) is 0. The van der Waals surface area contributed by atoms with Crippen LogP contribution in [0.4, 0.5) is 0 Å². The summed E-state index contributed by atoms with van der Waals surface area (Å²) in [4.78, 5) is 25.6. The molecule has 0 aromatic heterocycles. The molecule has 1 rings (SSSR count). The SMILES string of the molecule is CN(C)C(=O)CCN(CCC(=O)O)C1CC1. The van der Waals surface area contributed by atoms with Crippen molar-refractivity contribution in [3.05, 3.63) is 0 Å². The quantitative estimate of drug-likeness (QED) is 0.685. The number of carbonyl (C=O) groups excluding carboxylic acids is 1. The highest BCUT2D eigenvalue weighted by Crippen LogP contribution is 2.26. The van der Waals surface area contributed by atoms with E-state index < -0.39 is 5.97 Å². The van der Waals surface area contributed by atoms with Gasteiger partial charge in [-0.25, -0.2) is 0 Å². The molecule has 1 fully saturated rings. The smallest absolute Gasteiger partial charge is 0.304 e. The number of amides is 1. The molecule has 0 bridgehead atoms. The maximum absolute atomic E-state index is 11.4. The second kappa shape index (κ2) is 5.84. The predicted octanol–water partition coefficient (Wildman–Crippen LogP) is 0.404. The molecule has 0 spiro atoms. The Bertz CT molecular complexity index is 262. The van der Waals surface area contributed by atoms with Crippen molar-refractivity contribution in [3.8, 4) is 0 Å². The highest BCUT2D eigenvalue weighted by atomic mass is 16.4. The topological polar surface area (TPSA) is 60.9 Å². The summed E-state index contributed by atoms with van der Waals surface area (Å²) in [6, 6.07) is 0.509. The van der Waals surface area contributed by atoms with Crippen molar-refractivity contribution in [2.45, 2.75) is 31.7 Å². The Balaban J connectivity index is 2.28. The minimum absolute atomic E-state index is 0.0981. The largest absolute Gasteiger partial charge is 0.481 e. The maximum atomic E-state index is 11.4. The molecule has 0 atom stereocenters. The average molecular weight is 228 g/mol. The molecule has 92 valence electrons. The van der Waals surface area contributed by atoms with Gasteiger partial charge in [-0.1, -0.05) is 0 Å². The van der Waals surface area contributed by atoms with E-state index in [9.17, 15) is 9.59 Å². The van der Waals surface area contributed by atoms with Crippen molar-refractivity contribution in [1.82, 2.24) is 9.80 Å². The van der Waals surface area contributed by atoms with Gasteiger partial charge in [0.15, 0.2) is 0 Å². The van der Waals surface area contributed by atoms with Crippen LogP contribution < -0.4 is 0 Å². The Morgan fingerprint density at radius 3 is 2.19 bits per heavy atom. The van der Waals surface area contributed by atoms with Gasteiger partial charge in [0.1, 0.15) is 0 Å². The van der Waals surface area contributed by atoms with Crippen LogP contribution in [0.3, 0.4) is 0 Å². The Morgan fingerprint density at radius 1 is 1.19 bits per heavy atom. The zero-order valence-corrected chi connectivity index (χ0v) is 9.98. The third kappa shape index (κ3) is 4.61. The van der Waals surface area contributed by atoms with Crippen LogP contribution in [0.5, 0.6) is 0 Å². The molecule has 1 amide bonds. The van der Waals surface area contributed by atoms with Gasteiger partial charge in [0, 0.05) is 39.6 Å². The summed E-state index contributed by atoms with van der Waals surface area (Å²) >= 11 is 0. The Morgan fingerprint density at radius 2 is 1.75 bits per heavy atom. The molecule has 1 saturated carbocycles. The molecule has 0 heterocycles. The van der Waals surface area contributed by atoms with Crippen LogP contribution in [0, 0.1) is 0 Å². The second-order valence-corrected chi connectivity index (χ2v) is 4.45. The fourth-order valence-corrected chi connectivity index (χ4v) is 1.62. The van der Waals surface area contributed by atoms with Crippen LogP contribution in [0.2, 0.25) is 0 Å². The first kappa shape index (κ1) is 13.0. The molecule has 5 heteroatoms. The first-order chi connectivity index (χ1) is 7.50. The van der Waals surface area contributed by atoms with Gasteiger partial charge in [-0.15, -0.1) is 0 Å². The van der Waals surface area contributed by atoms with Crippen molar-refractivity contribution in [2.24, 2.45) is 0 Å². The van der Waals surface area contributed by atoms with E-state index in [4.69, 9.17) is 5.11 Å². The number of hydrogen-bond acceptors (Lipinski definition) is 3. The van der Waals surface area contributed by atoms with Crippen LogP contribution in [-0.2, 0) is 9.59 Å². The van der Waals surface area contributed by atoms with E-state index in [-0.39, 0.29) is 12.3 Å². The van der Waals surface area contributed by atoms with Crippen LogP contribution in [-0.4, -0.2) is 60.0 Å². The lowest BCUT2D eigenvalue weighted by atomic mass is 10.3. The number of carboxylic acid groups (broad SMARTS) is 1. The van der Waals surface area contributed by atoms with Crippen molar-refractivity contribution in [3.63, 3.8) is 0 Å². The molecule has 5 nitrogen and oxygen atoms in total. The fourth-order valence-electron chi connectivity index (χ4n) is 1.62. The van der Waals surface area contributed by atoms with Gasteiger partial charge in [0.2, 0.25) is 5.91 Å². The molecular weight excluding hydrogens is 208 g/mol. The highest BCUT2D eigenvalue weighted by molar-refractivity contribution is 5.75. The van der Waals surface area contributed by atoms with Gasteiger partial charge < -0.3 is 10.0 Å². The van der Waals surface area contributed by atoms with E-state index >= 15 is 0 Å². The first-order valence-corrected chi connectivity index (χ1v) is 5.66. The normalized spacial score (nSPS) is 15.2. The maximum Gasteiger partial charge on any atom is 0.304 e.